The zero-order chi connectivity index (χ0) is 11.1. The summed E-state index contributed by atoms with van der Waals surface area (Å²) < 4.78 is 0. The highest BCUT2D eigenvalue weighted by Crippen LogP contribution is 2.12. The van der Waals surface area contributed by atoms with Crippen LogP contribution < -0.4 is 0 Å². The van der Waals surface area contributed by atoms with Gasteiger partial charge in [0.15, 0.2) is 0 Å². The number of benzene rings is 1. The Morgan fingerprint density at radius 3 is 2.40 bits per heavy atom. The average molecular weight is 220 g/mol. The Kier molecular flexibility index (Phi) is 4.71. The first-order chi connectivity index (χ1) is 7.24. The first kappa shape index (κ1) is 11.6. The molecular weight excluding hydrogens is 208 g/mol. The molecule has 1 aromatic carbocycles. The van der Waals surface area contributed by atoms with Crippen LogP contribution in [-0.4, -0.2) is 16.8 Å². The number of carboxylic acid groups (broad SMARTS) is 1. The fraction of sp³-hybridized carbons (Fsp3) is 0.0833. The van der Waals surface area contributed by atoms with E-state index in [2.05, 4.69) is 12.6 Å². The molecule has 0 fully saturated rings. The number of carbonyl (C=O) groups is 1. The molecule has 15 heavy (non-hydrogen) atoms. The molecule has 0 aliphatic heterocycles. The van der Waals surface area contributed by atoms with E-state index in [4.69, 9.17) is 5.11 Å². The molecule has 1 rings (SSSR count). The summed E-state index contributed by atoms with van der Waals surface area (Å²) >= 11 is 4.07. The molecule has 1 aromatic rings. The van der Waals surface area contributed by atoms with Gasteiger partial charge in [0.1, 0.15) is 0 Å². The monoisotopic (exact) mass is 220 g/mol. The number of rotatable bonds is 4. The summed E-state index contributed by atoms with van der Waals surface area (Å²) in [5.74, 6) is -0.278. The van der Waals surface area contributed by atoms with Gasteiger partial charge >= 0.3 is 5.97 Å². The van der Waals surface area contributed by atoms with Crippen LogP contribution in [-0.2, 0) is 4.79 Å². The van der Waals surface area contributed by atoms with Crippen molar-refractivity contribution in [3.63, 3.8) is 0 Å². The van der Waals surface area contributed by atoms with Crippen molar-refractivity contribution in [3.05, 3.63) is 47.5 Å². The van der Waals surface area contributed by atoms with Crippen molar-refractivity contribution in [2.45, 2.75) is 0 Å². The largest absolute Gasteiger partial charge is 0.478 e. The fourth-order valence-corrected chi connectivity index (χ4v) is 1.26. The van der Waals surface area contributed by atoms with Crippen molar-refractivity contribution < 1.29 is 9.90 Å². The number of hydrogen-bond acceptors (Lipinski definition) is 2. The van der Waals surface area contributed by atoms with Gasteiger partial charge in [-0.25, -0.2) is 4.79 Å². The first-order valence-electron chi connectivity index (χ1n) is 4.51. The van der Waals surface area contributed by atoms with Crippen molar-refractivity contribution in [1.82, 2.24) is 0 Å². The zero-order valence-corrected chi connectivity index (χ0v) is 9.02. The van der Waals surface area contributed by atoms with E-state index in [9.17, 15) is 4.79 Å². The predicted octanol–water partition coefficient (Wildman–Crippen LogP) is 2.73. The molecule has 78 valence electrons. The molecule has 0 unspecified atom stereocenters. The van der Waals surface area contributed by atoms with E-state index in [1.54, 1.807) is 6.08 Å². The molecule has 0 aliphatic rings. The van der Waals surface area contributed by atoms with Gasteiger partial charge in [-0.3, -0.25) is 0 Å². The molecule has 0 aromatic heterocycles. The molecule has 3 heteroatoms. The molecule has 0 saturated carbocycles. The molecule has 1 N–H and O–H groups in total. The van der Waals surface area contributed by atoms with Crippen molar-refractivity contribution >= 4 is 30.8 Å². The number of carboxylic acids is 1. The van der Waals surface area contributed by atoms with Crippen LogP contribution in [0.5, 0.6) is 0 Å². The molecule has 2 nitrogen and oxygen atoms in total. The van der Waals surface area contributed by atoms with E-state index in [-0.39, 0.29) is 0 Å². The lowest BCUT2D eigenvalue weighted by molar-refractivity contribution is -0.131. The molecule has 0 radical (unpaired) electrons. The van der Waals surface area contributed by atoms with Gasteiger partial charge in [0.05, 0.1) is 0 Å². The highest BCUT2D eigenvalue weighted by atomic mass is 32.1. The second-order valence-corrected chi connectivity index (χ2v) is 3.25. The molecule has 0 spiro atoms. The Morgan fingerprint density at radius 2 is 1.87 bits per heavy atom. The quantitative estimate of drug-likeness (QED) is 0.604. The number of aliphatic carboxylic acids is 1. The zero-order valence-electron chi connectivity index (χ0n) is 8.13. The van der Waals surface area contributed by atoms with Crippen LogP contribution in [0.4, 0.5) is 0 Å². The Hall–Kier alpha value is -1.48. The van der Waals surface area contributed by atoms with E-state index in [0.29, 0.717) is 5.75 Å². The molecule has 0 bridgehead atoms. The van der Waals surface area contributed by atoms with Crippen LogP contribution in [0, 0.1) is 0 Å². The van der Waals surface area contributed by atoms with Crippen LogP contribution in [0.2, 0.25) is 0 Å². The highest BCUT2D eigenvalue weighted by molar-refractivity contribution is 7.80. The minimum Gasteiger partial charge on any atom is -0.478 e. The second kappa shape index (κ2) is 6.09. The van der Waals surface area contributed by atoms with Crippen LogP contribution in [0.15, 0.2) is 36.4 Å². The predicted molar refractivity (Wildman–Crippen MR) is 66.0 cm³/mol. The van der Waals surface area contributed by atoms with Crippen LogP contribution in [0.3, 0.4) is 0 Å². The molecule has 0 atom stereocenters. The van der Waals surface area contributed by atoms with Crippen molar-refractivity contribution in [2.24, 2.45) is 0 Å². The maximum Gasteiger partial charge on any atom is 0.328 e. The van der Waals surface area contributed by atoms with Gasteiger partial charge in [-0.05, 0) is 17.2 Å². The van der Waals surface area contributed by atoms with Crippen molar-refractivity contribution in [1.29, 1.82) is 0 Å². The lowest BCUT2D eigenvalue weighted by Crippen LogP contribution is -1.87. The van der Waals surface area contributed by atoms with Crippen molar-refractivity contribution in [3.8, 4) is 0 Å². The Morgan fingerprint density at radius 1 is 1.27 bits per heavy atom. The second-order valence-electron chi connectivity index (χ2n) is 2.89. The van der Waals surface area contributed by atoms with Gasteiger partial charge in [0.25, 0.3) is 0 Å². The molecular formula is C12H12O2S. The van der Waals surface area contributed by atoms with Gasteiger partial charge in [0.2, 0.25) is 0 Å². The third-order valence-corrected chi connectivity index (χ3v) is 2.02. The summed E-state index contributed by atoms with van der Waals surface area (Å²) in [7, 11) is 0. The van der Waals surface area contributed by atoms with Gasteiger partial charge in [-0.15, -0.1) is 0 Å². The third kappa shape index (κ3) is 4.04. The molecule has 0 heterocycles. The van der Waals surface area contributed by atoms with Crippen LogP contribution in [0.1, 0.15) is 11.1 Å². The SMILES string of the molecule is O=C(O)/C=C/c1ccccc1C=CCS. The summed E-state index contributed by atoms with van der Waals surface area (Å²) in [6, 6.07) is 7.59. The lowest BCUT2D eigenvalue weighted by atomic mass is 10.1. The summed E-state index contributed by atoms with van der Waals surface area (Å²) in [6.07, 6.45) is 6.55. The molecule has 0 saturated heterocycles. The Labute approximate surface area is 94.4 Å². The highest BCUT2D eigenvalue weighted by Gasteiger charge is 1.94. The topological polar surface area (TPSA) is 37.3 Å². The van der Waals surface area contributed by atoms with E-state index >= 15 is 0 Å². The summed E-state index contributed by atoms with van der Waals surface area (Å²) in [6.45, 7) is 0. The van der Waals surface area contributed by atoms with Crippen molar-refractivity contribution in [2.75, 3.05) is 5.75 Å². The number of thiol groups is 1. The summed E-state index contributed by atoms with van der Waals surface area (Å²) in [5.41, 5.74) is 1.88. The van der Waals surface area contributed by atoms with Crippen LogP contribution >= 0.6 is 12.6 Å². The van der Waals surface area contributed by atoms with E-state index < -0.39 is 5.97 Å². The summed E-state index contributed by atoms with van der Waals surface area (Å²) in [5, 5.41) is 8.52. The first-order valence-corrected chi connectivity index (χ1v) is 5.14. The van der Waals surface area contributed by atoms with Crippen LogP contribution in [0.25, 0.3) is 12.2 Å². The van der Waals surface area contributed by atoms with Gasteiger partial charge < -0.3 is 5.11 Å². The maximum atomic E-state index is 10.4. The maximum absolute atomic E-state index is 10.4. The Bertz CT molecular complexity index is 394. The van der Waals surface area contributed by atoms with E-state index in [0.717, 1.165) is 17.2 Å². The average Bonchev–Trinajstić information content (AvgIpc) is 2.24. The standard InChI is InChI=1S/C12H12O2S/c13-12(14)8-7-11-5-2-1-4-10(11)6-3-9-15/h1-8,15H,9H2,(H,13,14)/b6-3?,8-7+. The van der Waals surface area contributed by atoms with E-state index in [1.165, 1.54) is 0 Å². The van der Waals surface area contributed by atoms with Gasteiger partial charge in [-0.2, -0.15) is 12.6 Å². The minimum atomic E-state index is -0.942. The molecule has 0 aliphatic carbocycles. The lowest BCUT2D eigenvalue weighted by Gasteiger charge is -1.99. The van der Waals surface area contributed by atoms with E-state index in [1.807, 2.05) is 36.4 Å². The number of hydrogen-bond donors (Lipinski definition) is 2. The van der Waals surface area contributed by atoms with Gasteiger partial charge in [-0.1, -0.05) is 36.4 Å². The van der Waals surface area contributed by atoms with Gasteiger partial charge in [0, 0.05) is 11.8 Å². The third-order valence-electron chi connectivity index (χ3n) is 1.80. The minimum absolute atomic E-state index is 0.664. The Balaban J connectivity index is 2.96. The fourth-order valence-electron chi connectivity index (χ4n) is 1.16. The molecule has 0 amide bonds. The smallest absolute Gasteiger partial charge is 0.328 e. The normalized spacial score (nSPS) is 11.3. The summed E-state index contributed by atoms with van der Waals surface area (Å²) in [4.78, 5) is 10.4.